The summed E-state index contributed by atoms with van der Waals surface area (Å²) >= 11 is 0. The maximum absolute atomic E-state index is 7.57. The minimum absolute atomic E-state index is 0. The number of aryl methyl sites for hydroxylation is 4. The molecule has 0 amide bonds. The highest BCUT2D eigenvalue weighted by Gasteiger charge is 2.11. The Bertz CT molecular complexity index is 1520. The number of hydrogen-bond acceptors (Lipinski definition) is 10. The van der Waals surface area contributed by atoms with E-state index in [1.54, 1.807) is 14.0 Å². The number of azo groups is 2. The minimum atomic E-state index is 0. The molecule has 0 bridgehead atoms. The number of anilines is 1. The second-order valence-corrected chi connectivity index (χ2v) is 12.1. The SMILES string of the molecule is CCN(CC)CCCN.CCN(CC)CCCNc1ccc(N=Nc2n(C)cc[n+]2C)cc1.CCO.COc1ccc(N=Nc2n(C)cc[n+]2C)cc1.[Cl-].[Cl-]. The first-order valence-electron chi connectivity index (χ1n) is 18.7. The van der Waals surface area contributed by atoms with Gasteiger partial charge in [0.15, 0.2) is 0 Å². The molecule has 14 nitrogen and oxygen atoms in total. The monoisotopic (exact) mass is 806 g/mol. The van der Waals surface area contributed by atoms with E-state index in [0.717, 1.165) is 99.9 Å². The molecule has 0 aliphatic rings. The Balaban J connectivity index is 0. The molecular formula is C39H68Cl2N12O2. The van der Waals surface area contributed by atoms with Crippen LogP contribution in [0.4, 0.5) is 29.0 Å². The van der Waals surface area contributed by atoms with Crippen LogP contribution < -0.4 is 49.7 Å². The number of nitrogens with two attached hydrogens (primary N) is 1. The first kappa shape index (κ1) is 53.2. The molecule has 0 atom stereocenters. The quantitative estimate of drug-likeness (QED) is 0.0801. The summed E-state index contributed by atoms with van der Waals surface area (Å²) in [7, 11) is 9.42. The van der Waals surface area contributed by atoms with Crippen LogP contribution in [0.5, 0.6) is 5.75 Å². The van der Waals surface area contributed by atoms with Crippen LogP contribution in [0.3, 0.4) is 0 Å². The number of ether oxygens (including phenoxy) is 1. The van der Waals surface area contributed by atoms with E-state index in [4.69, 9.17) is 15.6 Å². The first-order chi connectivity index (χ1) is 25.6. The van der Waals surface area contributed by atoms with Crippen LogP contribution in [0.2, 0.25) is 0 Å². The molecule has 2 aromatic heterocycles. The molecule has 0 saturated heterocycles. The van der Waals surface area contributed by atoms with Crippen LogP contribution in [0, 0.1) is 0 Å². The van der Waals surface area contributed by atoms with Gasteiger partial charge in [-0.05, 0) is 114 Å². The Labute approximate surface area is 342 Å². The maximum Gasteiger partial charge on any atom is 0.421 e. The van der Waals surface area contributed by atoms with Crippen molar-refractivity contribution >= 4 is 29.0 Å². The van der Waals surface area contributed by atoms with Crippen LogP contribution in [-0.4, -0.2) is 90.1 Å². The minimum Gasteiger partial charge on any atom is -1.00 e. The lowest BCUT2D eigenvalue weighted by atomic mass is 10.3. The Hall–Kier alpha value is -3.92. The summed E-state index contributed by atoms with van der Waals surface area (Å²) in [5.41, 5.74) is 8.13. The summed E-state index contributed by atoms with van der Waals surface area (Å²) in [6, 6.07) is 15.5. The maximum atomic E-state index is 7.57. The van der Waals surface area contributed by atoms with Crippen molar-refractivity contribution in [1.82, 2.24) is 18.9 Å². The Morgan fingerprint density at radius 3 is 1.44 bits per heavy atom. The van der Waals surface area contributed by atoms with Crippen molar-refractivity contribution < 1.29 is 43.8 Å². The average molecular weight is 808 g/mol. The highest BCUT2D eigenvalue weighted by atomic mass is 35.5. The van der Waals surface area contributed by atoms with Crippen LogP contribution in [0.1, 0.15) is 47.5 Å². The molecule has 0 spiro atoms. The molecule has 4 rings (SSSR count). The topological polar surface area (TPSA) is 141 Å². The Morgan fingerprint density at radius 1 is 0.691 bits per heavy atom. The molecule has 0 aliphatic heterocycles. The van der Waals surface area contributed by atoms with E-state index in [1.807, 2.05) is 108 Å². The second-order valence-electron chi connectivity index (χ2n) is 12.1. The van der Waals surface area contributed by atoms with Crippen LogP contribution in [0.25, 0.3) is 0 Å². The molecular weight excluding hydrogens is 739 g/mol. The van der Waals surface area contributed by atoms with Crippen molar-refractivity contribution in [3.63, 3.8) is 0 Å². The number of imidazole rings is 2. The van der Waals surface area contributed by atoms with Crippen molar-refractivity contribution in [2.24, 2.45) is 54.4 Å². The fourth-order valence-corrected chi connectivity index (χ4v) is 4.88. The van der Waals surface area contributed by atoms with Gasteiger partial charge in [-0.25, -0.2) is 18.3 Å². The third-order valence-corrected chi connectivity index (χ3v) is 8.19. The molecule has 4 N–H and O–H groups in total. The summed E-state index contributed by atoms with van der Waals surface area (Å²) in [5, 5.41) is 28.0. The van der Waals surface area contributed by atoms with Crippen molar-refractivity contribution in [2.75, 3.05) is 71.4 Å². The normalized spacial score (nSPS) is 10.5. The molecule has 0 unspecified atom stereocenters. The fourth-order valence-electron chi connectivity index (χ4n) is 4.88. The number of benzene rings is 2. The lowest BCUT2D eigenvalue weighted by molar-refractivity contribution is -0.657. The zero-order valence-electron chi connectivity index (χ0n) is 34.9. The average Bonchev–Trinajstić information content (AvgIpc) is 3.68. The van der Waals surface area contributed by atoms with Gasteiger partial charge in [-0.3, -0.25) is 0 Å². The molecule has 55 heavy (non-hydrogen) atoms. The zero-order chi connectivity index (χ0) is 39.4. The van der Waals surface area contributed by atoms with Gasteiger partial charge in [0.1, 0.15) is 17.1 Å². The molecule has 16 heteroatoms. The van der Waals surface area contributed by atoms with E-state index in [9.17, 15) is 0 Å². The zero-order valence-corrected chi connectivity index (χ0v) is 36.4. The van der Waals surface area contributed by atoms with E-state index in [0.29, 0.717) is 0 Å². The summed E-state index contributed by atoms with van der Waals surface area (Å²) in [4.78, 5) is 4.82. The largest absolute Gasteiger partial charge is 1.00 e. The summed E-state index contributed by atoms with van der Waals surface area (Å²) in [5.74, 6) is 2.42. The van der Waals surface area contributed by atoms with Gasteiger partial charge >= 0.3 is 11.9 Å². The Morgan fingerprint density at radius 2 is 1.09 bits per heavy atom. The van der Waals surface area contributed by atoms with Crippen LogP contribution in [0.15, 0.2) is 93.8 Å². The first-order valence-corrected chi connectivity index (χ1v) is 18.7. The van der Waals surface area contributed by atoms with Crippen molar-refractivity contribution in [3.05, 3.63) is 73.3 Å². The van der Waals surface area contributed by atoms with Gasteiger partial charge in [0.2, 0.25) is 0 Å². The molecule has 0 aliphatic carbocycles. The highest BCUT2D eigenvalue weighted by Crippen LogP contribution is 2.20. The number of rotatable bonds is 17. The number of nitrogens with one attached hydrogen (secondary N) is 1. The van der Waals surface area contributed by atoms with E-state index in [-0.39, 0.29) is 31.4 Å². The second kappa shape index (κ2) is 32.3. The molecule has 2 heterocycles. The molecule has 310 valence electrons. The number of methoxy groups -OCH3 is 1. The van der Waals surface area contributed by atoms with Gasteiger partial charge in [0, 0.05) is 29.1 Å². The predicted octanol–water partition coefficient (Wildman–Crippen LogP) is 0.366. The molecule has 0 radical (unpaired) electrons. The molecule has 0 fully saturated rings. The van der Waals surface area contributed by atoms with Crippen molar-refractivity contribution in [1.29, 1.82) is 0 Å². The lowest BCUT2D eigenvalue weighted by Gasteiger charge is -2.17. The van der Waals surface area contributed by atoms with Crippen molar-refractivity contribution in [3.8, 4) is 5.75 Å². The highest BCUT2D eigenvalue weighted by molar-refractivity contribution is 5.50. The van der Waals surface area contributed by atoms with E-state index >= 15 is 0 Å². The number of aliphatic hydroxyl groups excluding tert-OH is 1. The molecule has 2 aromatic carbocycles. The fraction of sp³-hybridized carbons (Fsp3) is 0.538. The third-order valence-electron chi connectivity index (χ3n) is 8.19. The van der Waals surface area contributed by atoms with Gasteiger partial charge in [0.25, 0.3) is 0 Å². The standard InChI is InChI=1S/C18H28N6.C12H15N4O.C7H18N2.C2H6O.2ClH/c1-5-24(6-2)13-7-12-19-16-8-10-17(11-9-16)20-21-18-22(3)14-15-23(18)4;1-15-8-9-16(2)12(15)14-13-10-4-6-11(17-3)7-5-10;1-3-9(4-2)7-5-6-8;1-2-3;;/h8-11,14-15H,5-7,12-13H2,1-4H3;4-9H,1-3H3;3-8H2,1-2H3;3H,2H2,1H3;2*1H/q;+1;;;;/p-1. The number of hydrogen-bond donors (Lipinski definition) is 3. The molecule has 0 saturated carbocycles. The number of aromatic nitrogens is 4. The summed E-state index contributed by atoms with van der Waals surface area (Å²) < 4.78 is 12.8. The molecule has 4 aromatic rings. The van der Waals surface area contributed by atoms with Crippen LogP contribution in [-0.2, 0) is 28.2 Å². The third kappa shape index (κ3) is 21.7. The van der Waals surface area contributed by atoms with Gasteiger partial charge in [-0.15, -0.1) is 0 Å². The number of halogens is 2. The van der Waals surface area contributed by atoms with Gasteiger partial charge in [0.05, 0.1) is 60.1 Å². The van der Waals surface area contributed by atoms with Gasteiger partial charge < -0.3 is 55.5 Å². The summed E-state index contributed by atoms with van der Waals surface area (Å²) in [6.07, 6.45) is 10.1. The smallest absolute Gasteiger partial charge is 0.421 e. The van der Waals surface area contributed by atoms with Gasteiger partial charge in [-0.2, -0.15) is 0 Å². The van der Waals surface area contributed by atoms with E-state index in [1.165, 1.54) is 0 Å². The van der Waals surface area contributed by atoms with Gasteiger partial charge in [-0.1, -0.05) is 37.9 Å². The van der Waals surface area contributed by atoms with Crippen LogP contribution >= 0.6 is 0 Å². The number of nitrogens with zero attached hydrogens (tertiary/aromatic N) is 10. The summed E-state index contributed by atoms with van der Waals surface area (Å²) in [6.45, 7) is 19.3. The van der Waals surface area contributed by atoms with E-state index in [2.05, 4.69) is 75.4 Å². The lowest BCUT2D eigenvalue weighted by Crippen LogP contribution is -3.00. The van der Waals surface area contributed by atoms with E-state index < -0.39 is 0 Å². The Kier molecular flexibility index (Phi) is 31.3. The number of aliphatic hydroxyl groups is 1. The predicted molar refractivity (Wildman–Crippen MR) is 216 cm³/mol. The van der Waals surface area contributed by atoms with Crippen molar-refractivity contribution in [2.45, 2.75) is 47.5 Å².